The Morgan fingerprint density at radius 3 is 2.76 bits per heavy atom. The standard InChI is InChI=1S/C12H16ClNO3/c1-2-14(12(16)17-8-7-15)9-10-5-3-4-6-11(10)13/h3-6,15H,2,7-9H2,1H3. The van der Waals surface area contributed by atoms with Crippen molar-refractivity contribution in [2.75, 3.05) is 19.8 Å². The van der Waals surface area contributed by atoms with Crippen LogP contribution >= 0.6 is 11.6 Å². The minimum Gasteiger partial charge on any atom is -0.447 e. The van der Waals surface area contributed by atoms with Gasteiger partial charge in [-0.25, -0.2) is 4.79 Å². The van der Waals surface area contributed by atoms with Gasteiger partial charge in [-0.05, 0) is 18.6 Å². The van der Waals surface area contributed by atoms with E-state index in [1.54, 1.807) is 6.07 Å². The number of hydrogen-bond donors (Lipinski definition) is 1. The monoisotopic (exact) mass is 257 g/mol. The minimum absolute atomic E-state index is 0.0118. The van der Waals surface area contributed by atoms with Crippen LogP contribution in [0.15, 0.2) is 24.3 Å². The van der Waals surface area contributed by atoms with Gasteiger partial charge in [-0.1, -0.05) is 29.8 Å². The highest BCUT2D eigenvalue weighted by Crippen LogP contribution is 2.17. The molecule has 0 atom stereocenters. The number of aliphatic hydroxyl groups excluding tert-OH is 1. The third-order valence-corrected chi connectivity index (χ3v) is 2.64. The average molecular weight is 258 g/mol. The quantitative estimate of drug-likeness (QED) is 0.881. The topological polar surface area (TPSA) is 49.8 Å². The fraction of sp³-hybridized carbons (Fsp3) is 0.417. The Labute approximate surface area is 106 Å². The van der Waals surface area contributed by atoms with Crippen molar-refractivity contribution in [2.45, 2.75) is 13.5 Å². The lowest BCUT2D eigenvalue weighted by molar-refractivity contribution is 0.0837. The molecule has 1 aromatic rings. The molecule has 0 radical (unpaired) electrons. The second kappa shape index (κ2) is 7.14. The number of carbonyl (C=O) groups is 1. The molecule has 0 aliphatic carbocycles. The Balaban J connectivity index is 2.63. The van der Waals surface area contributed by atoms with Gasteiger partial charge in [0.05, 0.1) is 13.2 Å². The van der Waals surface area contributed by atoms with Crippen LogP contribution < -0.4 is 0 Å². The van der Waals surface area contributed by atoms with Crippen molar-refractivity contribution in [2.24, 2.45) is 0 Å². The van der Waals surface area contributed by atoms with Crippen molar-refractivity contribution >= 4 is 17.7 Å². The zero-order valence-electron chi connectivity index (χ0n) is 9.73. The number of benzene rings is 1. The summed E-state index contributed by atoms with van der Waals surface area (Å²) in [5, 5.41) is 9.21. The summed E-state index contributed by atoms with van der Waals surface area (Å²) in [5.41, 5.74) is 0.872. The maximum atomic E-state index is 11.6. The lowest BCUT2D eigenvalue weighted by Crippen LogP contribution is -2.31. The van der Waals surface area contributed by atoms with Gasteiger partial charge in [0.15, 0.2) is 0 Å². The maximum Gasteiger partial charge on any atom is 0.410 e. The Morgan fingerprint density at radius 1 is 1.47 bits per heavy atom. The Morgan fingerprint density at radius 2 is 2.18 bits per heavy atom. The van der Waals surface area contributed by atoms with Gasteiger partial charge in [-0.3, -0.25) is 0 Å². The largest absolute Gasteiger partial charge is 0.447 e. The highest BCUT2D eigenvalue weighted by atomic mass is 35.5. The molecular formula is C12H16ClNO3. The summed E-state index contributed by atoms with van der Waals surface area (Å²) in [7, 11) is 0. The molecule has 5 heteroatoms. The molecule has 1 N–H and O–H groups in total. The highest BCUT2D eigenvalue weighted by molar-refractivity contribution is 6.31. The van der Waals surface area contributed by atoms with Crippen molar-refractivity contribution in [3.05, 3.63) is 34.9 Å². The van der Waals surface area contributed by atoms with Crippen LogP contribution in [-0.2, 0) is 11.3 Å². The zero-order chi connectivity index (χ0) is 12.7. The van der Waals surface area contributed by atoms with E-state index in [1.807, 2.05) is 25.1 Å². The van der Waals surface area contributed by atoms with Crippen LogP contribution in [0.3, 0.4) is 0 Å². The summed E-state index contributed by atoms with van der Waals surface area (Å²) in [6.07, 6.45) is -0.443. The summed E-state index contributed by atoms with van der Waals surface area (Å²) in [6, 6.07) is 7.36. The van der Waals surface area contributed by atoms with E-state index in [9.17, 15) is 4.79 Å². The number of rotatable bonds is 5. The van der Waals surface area contributed by atoms with E-state index in [-0.39, 0.29) is 13.2 Å². The first-order valence-electron chi connectivity index (χ1n) is 5.45. The summed E-state index contributed by atoms with van der Waals surface area (Å²) < 4.78 is 4.85. The number of halogens is 1. The van der Waals surface area contributed by atoms with Gasteiger partial charge in [0, 0.05) is 11.6 Å². The molecule has 1 amide bonds. The number of carbonyl (C=O) groups excluding carboxylic acids is 1. The van der Waals surface area contributed by atoms with Crippen molar-refractivity contribution in [1.29, 1.82) is 0 Å². The molecule has 4 nitrogen and oxygen atoms in total. The van der Waals surface area contributed by atoms with Crippen LogP contribution in [0.2, 0.25) is 5.02 Å². The van der Waals surface area contributed by atoms with E-state index in [4.69, 9.17) is 21.4 Å². The average Bonchev–Trinajstić information content (AvgIpc) is 2.35. The van der Waals surface area contributed by atoms with E-state index in [2.05, 4.69) is 0 Å². The molecule has 0 aliphatic heterocycles. The predicted octanol–water partition coefficient (Wildman–Crippen LogP) is 2.29. The van der Waals surface area contributed by atoms with Crippen LogP contribution in [0, 0.1) is 0 Å². The molecule has 0 spiro atoms. The fourth-order valence-electron chi connectivity index (χ4n) is 1.36. The van der Waals surface area contributed by atoms with Crippen molar-refractivity contribution in [3.8, 4) is 0 Å². The van der Waals surface area contributed by atoms with Crippen LogP contribution in [0.5, 0.6) is 0 Å². The molecule has 0 saturated heterocycles. The molecule has 0 aliphatic rings. The Kier molecular flexibility index (Phi) is 5.80. The number of ether oxygens (including phenoxy) is 1. The van der Waals surface area contributed by atoms with Gasteiger partial charge in [0.2, 0.25) is 0 Å². The first-order valence-corrected chi connectivity index (χ1v) is 5.82. The van der Waals surface area contributed by atoms with Gasteiger partial charge < -0.3 is 14.7 Å². The summed E-state index contributed by atoms with van der Waals surface area (Å²) in [4.78, 5) is 13.1. The van der Waals surface area contributed by atoms with Crippen LogP contribution in [-0.4, -0.2) is 35.9 Å². The fourth-order valence-corrected chi connectivity index (χ4v) is 1.56. The third kappa shape index (κ3) is 4.24. The summed E-state index contributed by atoms with van der Waals surface area (Å²) in [5.74, 6) is 0. The highest BCUT2D eigenvalue weighted by Gasteiger charge is 2.14. The maximum absolute atomic E-state index is 11.6. The molecule has 0 unspecified atom stereocenters. The predicted molar refractivity (Wildman–Crippen MR) is 66.0 cm³/mol. The van der Waals surface area contributed by atoms with Crippen LogP contribution in [0.1, 0.15) is 12.5 Å². The van der Waals surface area contributed by atoms with Gasteiger partial charge in [0.25, 0.3) is 0 Å². The second-order valence-corrected chi connectivity index (χ2v) is 3.85. The van der Waals surface area contributed by atoms with Gasteiger partial charge >= 0.3 is 6.09 Å². The van der Waals surface area contributed by atoms with E-state index in [1.165, 1.54) is 4.90 Å². The van der Waals surface area contributed by atoms with Crippen molar-refractivity contribution in [3.63, 3.8) is 0 Å². The first-order chi connectivity index (χ1) is 8.19. The van der Waals surface area contributed by atoms with E-state index in [0.717, 1.165) is 5.56 Å². The van der Waals surface area contributed by atoms with Gasteiger partial charge in [-0.15, -0.1) is 0 Å². The SMILES string of the molecule is CCN(Cc1ccccc1Cl)C(=O)OCCO. The normalized spacial score (nSPS) is 10.1. The Hall–Kier alpha value is -1.26. The molecule has 0 bridgehead atoms. The van der Waals surface area contributed by atoms with Gasteiger partial charge in [-0.2, -0.15) is 0 Å². The lowest BCUT2D eigenvalue weighted by atomic mass is 10.2. The molecule has 0 saturated carbocycles. The first kappa shape index (κ1) is 13.8. The smallest absolute Gasteiger partial charge is 0.410 e. The van der Waals surface area contributed by atoms with E-state index < -0.39 is 6.09 Å². The van der Waals surface area contributed by atoms with Crippen molar-refractivity contribution < 1.29 is 14.6 Å². The van der Waals surface area contributed by atoms with E-state index >= 15 is 0 Å². The molecule has 17 heavy (non-hydrogen) atoms. The van der Waals surface area contributed by atoms with Crippen LogP contribution in [0.4, 0.5) is 4.79 Å². The van der Waals surface area contributed by atoms with Crippen LogP contribution in [0.25, 0.3) is 0 Å². The molecule has 1 aromatic carbocycles. The molecule has 0 heterocycles. The number of aliphatic hydroxyl groups is 1. The molecule has 1 rings (SSSR count). The number of amides is 1. The second-order valence-electron chi connectivity index (χ2n) is 3.44. The lowest BCUT2D eigenvalue weighted by Gasteiger charge is -2.20. The number of hydrogen-bond acceptors (Lipinski definition) is 3. The molecule has 94 valence electrons. The van der Waals surface area contributed by atoms with Gasteiger partial charge in [0.1, 0.15) is 6.61 Å². The number of nitrogens with zero attached hydrogens (tertiary/aromatic N) is 1. The molecular weight excluding hydrogens is 242 g/mol. The molecule has 0 fully saturated rings. The summed E-state index contributed by atoms with van der Waals surface area (Å²) in [6.45, 7) is 2.63. The molecule has 0 aromatic heterocycles. The third-order valence-electron chi connectivity index (χ3n) is 2.28. The summed E-state index contributed by atoms with van der Waals surface area (Å²) >= 11 is 6.02. The zero-order valence-corrected chi connectivity index (χ0v) is 10.5. The minimum atomic E-state index is -0.443. The Bertz CT molecular complexity index is 371. The van der Waals surface area contributed by atoms with Crippen molar-refractivity contribution in [1.82, 2.24) is 4.90 Å². The van der Waals surface area contributed by atoms with E-state index in [0.29, 0.717) is 18.1 Å².